The molecule has 1 unspecified atom stereocenters. The molecule has 0 amide bonds. The Morgan fingerprint density at radius 2 is 1.85 bits per heavy atom. The number of nitrogen functional groups attached to an aromatic ring is 1. The Balaban J connectivity index is 1.79. The first kappa shape index (κ1) is 16.4. The van der Waals surface area contributed by atoms with Gasteiger partial charge in [0.15, 0.2) is 11.0 Å². The summed E-state index contributed by atoms with van der Waals surface area (Å²) >= 11 is 0. The van der Waals surface area contributed by atoms with Crippen molar-refractivity contribution in [1.29, 1.82) is 0 Å². The molecule has 2 N–H and O–H groups in total. The molecule has 1 heterocycles. The topological polar surface area (TPSA) is 52.0 Å². The van der Waals surface area contributed by atoms with Gasteiger partial charge in [-0.1, -0.05) is 48.6 Å². The molecule has 1 aromatic heterocycles. The van der Waals surface area contributed by atoms with Gasteiger partial charge in [0.2, 0.25) is 5.89 Å². The number of oxazole rings is 1. The molecular formula is C20H15F3N2O. The lowest BCUT2D eigenvalue weighted by atomic mass is 9.78. The summed E-state index contributed by atoms with van der Waals surface area (Å²) in [5, 5.41) is 0. The van der Waals surface area contributed by atoms with E-state index in [9.17, 15) is 13.2 Å². The maximum atomic E-state index is 14.0. The van der Waals surface area contributed by atoms with Gasteiger partial charge in [-0.25, -0.2) is 4.98 Å². The minimum absolute atomic E-state index is 0.278. The van der Waals surface area contributed by atoms with Gasteiger partial charge in [0, 0.05) is 5.69 Å². The predicted octanol–water partition coefficient (Wildman–Crippen LogP) is 5.25. The number of anilines is 1. The summed E-state index contributed by atoms with van der Waals surface area (Å²) in [5.41, 5.74) is 6.02. The van der Waals surface area contributed by atoms with Crippen LogP contribution in [0.4, 0.5) is 18.9 Å². The fourth-order valence-electron chi connectivity index (χ4n) is 3.11. The minimum atomic E-state index is -4.55. The highest BCUT2D eigenvalue weighted by Gasteiger charge is 2.57. The number of allylic oxidation sites excluding steroid dienone is 4. The van der Waals surface area contributed by atoms with Crippen molar-refractivity contribution in [2.24, 2.45) is 0 Å². The second-order valence-electron chi connectivity index (χ2n) is 6.28. The van der Waals surface area contributed by atoms with Crippen LogP contribution in [0.2, 0.25) is 0 Å². The number of halogens is 3. The Labute approximate surface area is 147 Å². The minimum Gasteiger partial charge on any atom is -0.439 e. The standard InChI is InChI=1S/C20H15F3N2O/c21-20(22,23)19(18-25-16-12-15(24)6-7-17(16)26-18)10-8-14(9-11-19)13-4-2-1-3-5-13/h1-10,12H,11,24H2. The van der Waals surface area contributed by atoms with Crippen molar-refractivity contribution in [3.63, 3.8) is 0 Å². The molecule has 0 saturated carbocycles. The molecule has 3 aromatic rings. The second kappa shape index (κ2) is 5.76. The smallest absolute Gasteiger partial charge is 0.406 e. The average Bonchev–Trinajstić information content (AvgIpc) is 3.05. The van der Waals surface area contributed by atoms with E-state index in [2.05, 4.69) is 4.98 Å². The Kier molecular flexibility index (Phi) is 3.64. The van der Waals surface area contributed by atoms with Crippen molar-refractivity contribution in [2.45, 2.75) is 18.0 Å². The quantitative estimate of drug-likeness (QED) is 0.638. The molecule has 132 valence electrons. The monoisotopic (exact) mass is 356 g/mol. The molecule has 0 fully saturated rings. The van der Waals surface area contributed by atoms with E-state index in [4.69, 9.17) is 10.2 Å². The second-order valence-corrected chi connectivity index (χ2v) is 6.28. The lowest BCUT2D eigenvalue weighted by Crippen LogP contribution is -2.41. The summed E-state index contributed by atoms with van der Waals surface area (Å²) in [5.74, 6) is -0.370. The fraction of sp³-hybridized carbons (Fsp3) is 0.150. The number of rotatable bonds is 2. The highest BCUT2D eigenvalue weighted by molar-refractivity contribution is 5.78. The van der Waals surface area contributed by atoms with E-state index in [-0.39, 0.29) is 17.9 Å². The van der Waals surface area contributed by atoms with Gasteiger partial charge in [-0.3, -0.25) is 0 Å². The molecule has 1 atom stereocenters. The van der Waals surface area contributed by atoms with Gasteiger partial charge in [0.05, 0.1) is 0 Å². The van der Waals surface area contributed by atoms with Crippen molar-refractivity contribution >= 4 is 22.4 Å². The van der Waals surface area contributed by atoms with E-state index in [1.807, 2.05) is 30.3 Å². The first-order valence-corrected chi connectivity index (χ1v) is 8.07. The SMILES string of the molecule is Nc1ccc2oc(C3(C(F)(F)F)C=CC(c4ccccc4)=CC3)nc2c1. The van der Waals surface area contributed by atoms with E-state index in [1.54, 1.807) is 12.1 Å². The summed E-state index contributed by atoms with van der Waals surface area (Å²) < 4.78 is 47.5. The molecule has 1 aliphatic carbocycles. The summed E-state index contributed by atoms with van der Waals surface area (Å²) in [4.78, 5) is 4.09. The Morgan fingerprint density at radius 1 is 1.08 bits per heavy atom. The summed E-state index contributed by atoms with van der Waals surface area (Å²) in [6.07, 6.45) is -0.626. The van der Waals surface area contributed by atoms with Gasteiger partial charge in [-0.05, 0) is 35.8 Å². The molecule has 4 rings (SSSR count). The van der Waals surface area contributed by atoms with Crippen molar-refractivity contribution in [1.82, 2.24) is 4.98 Å². The lowest BCUT2D eigenvalue weighted by molar-refractivity contribution is -0.180. The average molecular weight is 356 g/mol. The van der Waals surface area contributed by atoms with E-state index in [0.717, 1.165) is 17.2 Å². The molecule has 1 aliphatic rings. The number of nitrogens with two attached hydrogens (primary N) is 1. The third-order valence-corrected chi connectivity index (χ3v) is 4.60. The van der Waals surface area contributed by atoms with E-state index in [1.165, 1.54) is 18.2 Å². The third kappa shape index (κ3) is 2.58. The normalized spacial score (nSPS) is 20.3. The number of alkyl halides is 3. The van der Waals surface area contributed by atoms with Gasteiger partial charge in [-0.15, -0.1) is 0 Å². The predicted molar refractivity (Wildman–Crippen MR) is 94.3 cm³/mol. The highest BCUT2D eigenvalue weighted by atomic mass is 19.4. The molecule has 6 heteroatoms. The summed E-state index contributed by atoms with van der Waals surface area (Å²) in [6, 6.07) is 13.9. The zero-order chi connectivity index (χ0) is 18.4. The first-order valence-electron chi connectivity index (χ1n) is 8.07. The number of hydrogen-bond acceptors (Lipinski definition) is 3. The van der Waals surface area contributed by atoms with Crippen molar-refractivity contribution < 1.29 is 17.6 Å². The zero-order valence-electron chi connectivity index (χ0n) is 13.6. The van der Waals surface area contributed by atoms with Crippen LogP contribution >= 0.6 is 0 Å². The van der Waals surface area contributed by atoms with Gasteiger partial charge in [0.25, 0.3) is 0 Å². The fourth-order valence-corrected chi connectivity index (χ4v) is 3.11. The third-order valence-electron chi connectivity index (χ3n) is 4.60. The highest BCUT2D eigenvalue weighted by Crippen LogP contribution is 2.48. The number of nitrogens with zero attached hydrogens (tertiary/aromatic N) is 1. The number of fused-ring (bicyclic) bond motifs is 1. The summed E-state index contributed by atoms with van der Waals surface area (Å²) in [7, 11) is 0. The molecule has 2 aromatic carbocycles. The van der Waals surface area contributed by atoms with Crippen LogP contribution in [-0.2, 0) is 5.41 Å². The molecule has 0 spiro atoms. The van der Waals surface area contributed by atoms with Gasteiger partial charge >= 0.3 is 6.18 Å². The van der Waals surface area contributed by atoms with E-state index in [0.29, 0.717) is 11.2 Å². The van der Waals surface area contributed by atoms with Crippen molar-refractivity contribution in [2.75, 3.05) is 5.73 Å². The van der Waals surface area contributed by atoms with Crippen molar-refractivity contribution in [3.8, 4) is 0 Å². The van der Waals surface area contributed by atoms with Crippen molar-refractivity contribution in [3.05, 3.63) is 78.2 Å². The zero-order valence-corrected chi connectivity index (χ0v) is 13.6. The van der Waals surface area contributed by atoms with E-state index < -0.39 is 11.6 Å². The van der Waals surface area contributed by atoms with Crippen LogP contribution < -0.4 is 5.73 Å². The number of hydrogen-bond donors (Lipinski definition) is 1. The van der Waals surface area contributed by atoms with E-state index >= 15 is 0 Å². The number of benzene rings is 2. The molecule has 0 saturated heterocycles. The Morgan fingerprint density at radius 3 is 2.50 bits per heavy atom. The van der Waals surface area contributed by atoms with Gasteiger partial charge in [-0.2, -0.15) is 13.2 Å². The van der Waals surface area contributed by atoms with Gasteiger partial charge in [0.1, 0.15) is 5.52 Å². The van der Waals surface area contributed by atoms with Crippen LogP contribution in [0.5, 0.6) is 0 Å². The van der Waals surface area contributed by atoms with Crippen LogP contribution in [0, 0.1) is 0 Å². The van der Waals surface area contributed by atoms with Gasteiger partial charge < -0.3 is 10.2 Å². The molecule has 0 bridgehead atoms. The Hall–Kier alpha value is -3.02. The molecule has 26 heavy (non-hydrogen) atoms. The molecule has 0 aliphatic heterocycles. The van der Waals surface area contributed by atoms with Crippen LogP contribution in [0.15, 0.2) is 71.2 Å². The largest absolute Gasteiger partial charge is 0.439 e. The maximum absolute atomic E-state index is 14.0. The van der Waals surface area contributed by atoms with Crippen LogP contribution in [0.3, 0.4) is 0 Å². The molecule has 3 nitrogen and oxygen atoms in total. The maximum Gasteiger partial charge on any atom is 0.406 e. The van der Waals surface area contributed by atoms with Crippen LogP contribution in [0.25, 0.3) is 16.7 Å². The first-order chi connectivity index (χ1) is 12.4. The molecular weight excluding hydrogens is 341 g/mol. The van der Waals surface area contributed by atoms with Crippen LogP contribution in [0.1, 0.15) is 17.9 Å². The number of aromatic nitrogens is 1. The summed E-state index contributed by atoms with van der Waals surface area (Å²) in [6.45, 7) is 0. The van der Waals surface area contributed by atoms with Crippen LogP contribution in [-0.4, -0.2) is 11.2 Å². The Bertz CT molecular complexity index is 1020. The molecule has 0 radical (unpaired) electrons. The lowest BCUT2D eigenvalue weighted by Gasteiger charge is -2.31.